The molecule has 8 nitrogen and oxygen atoms in total. The summed E-state index contributed by atoms with van der Waals surface area (Å²) in [7, 11) is 0. The molecule has 0 saturated heterocycles. The van der Waals surface area contributed by atoms with Crippen LogP contribution in [0.2, 0.25) is 0 Å². The van der Waals surface area contributed by atoms with E-state index in [0.29, 0.717) is 16.4 Å². The summed E-state index contributed by atoms with van der Waals surface area (Å²) in [5.74, 6) is -2.26. The molecular weight excluding hydrogens is 354 g/mol. The van der Waals surface area contributed by atoms with E-state index in [-0.39, 0.29) is 23.5 Å². The number of aliphatic carboxylic acids is 1. The Hall–Kier alpha value is -3.39. The predicted octanol–water partition coefficient (Wildman–Crippen LogP) is 1.33. The van der Waals surface area contributed by atoms with Crippen LogP contribution in [0.15, 0.2) is 54.2 Å². The summed E-state index contributed by atoms with van der Waals surface area (Å²) in [6.45, 7) is 4.94. The topological polar surface area (TPSA) is 113 Å². The maximum Gasteiger partial charge on any atom is 0.330 e. The second-order valence-corrected chi connectivity index (χ2v) is 5.95. The van der Waals surface area contributed by atoms with Crippen molar-refractivity contribution in [3.8, 4) is 11.5 Å². The number of hydrogen-bond acceptors (Lipinski definition) is 6. The molecule has 0 fully saturated rings. The van der Waals surface area contributed by atoms with Crippen LogP contribution in [-0.4, -0.2) is 45.7 Å². The van der Waals surface area contributed by atoms with Crippen LogP contribution in [0.1, 0.15) is 18.6 Å². The number of hydrogen-bond donors (Lipinski definition) is 2. The number of amides is 2. The Balaban J connectivity index is 1.95. The number of fused-ring (bicyclic) bond motifs is 1. The molecule has 3 rings (SSSR count). The lowest BCUT2D eigenvalue weighted by Gasteiger charge is -2.27. The van der Waals surface area contributed by atoms with Gasteiger partial charge in [-0.05, 0) is 30.7 Å². The number of nitrogens with zero attached hydrogens (tertiary/aromatic N) is 1. The predicted molar refractivity (Wildman–Crippen MR) is 92.8 cm³/mol. The van der Waals surface area contributed by atoms with Gasteiger partial charge in [-0.25, -0.2) is 4.79 Å². The summed E-state index contributed by atoms with van der Waals surface area (Å²) >= 11 is 0. The van der Waals surface area contributed by atoms with Crippen molar-refractivity contribution >= 4 is 17.8 Å². The van der Waals surface area contributed by atoms with Gasteiger partial charge in [-0.2, -0.15) is 0 Å². The summed E-state index contributed by atoms with van der Waals surface area (Å²) in [6, 6.07) is 2.61. The van der Waals surface area contributed by atoms with E-state index >= 15 is 0 Å². The number of carboxylic acids is 1. The van der Waals surface area contributed by atoms with Gasteiger partial charge in [-0.15, -0.1) is 0 Å². The molecule has 8 heteroatoms. The Bertz CT molecular complexity index is 899. The first kappa shape index (κ1) is 18.4. The van der Waals surface area contributed by atoms with Gasteiger partial charge in [0.05, 0.1) is 0 Å². The van der Waals surface area contributed by atoms with E-state index < -0.39 is 29.9 Å². The summed E-state index contributed by atoms with van der Waals surface area (Å²) < 4.78 is 10.4. The fraction of sp³-hybridized carbons (Fsp3) is 0.211. The summed E-state index contributed by atoms with van der Waals surface area (Å²) in [4.78, 5) is 37.6. The van der Waals surface area contributed by atoms with Gasteiger partial charge >= 0.3 is 5.97 Å². The third-order valence-electron chi connectivity index (χ3n) is 4.36. The van der Waals surface area contributed by atoms with Crippen LogP contribution in [0.4, 0.5) is 0 Å². The summed E-state index contributed by atoms with van der Waals surface area (Å²) in [5, 5.41) is 20.3. The average Bonchev–Trinajstić information content (AvgIpc) is 3.18. The number of carbonyl (C=O) groups excluding carboxylic acids is 2. The van der Waals surface area contributed by atoms with Crippen LogP contribution in [0.25, 0.3) is 0 Å². The van der Waals surface area contributed by atoms with E-state index in [1.165, 1.54) is 43.4 Å². The van der Waals surface area contributed by atoms with Crippen LogP contribution in [0, 0.1) is 0 Å². The molecular formula is C19H17NO7. The molecule has 2 aliphatic heterocycles. The molecule has 2 amide bonds. The number of rotatable bonds is 6. The highest BCUT2D eigenvalue weighted by molar-refractivity contribution is 6.21. The Kier molecular flexibility index (Phi) is 4.83. The standard InChI is InChI=1S/C19H17NO7/c1-3-4-5-12-10(2)17(22)20(18(12)23)15(19(24)25)16(21)11-6-7-13-14(8-11)27-9-26-13/h3-8,15-16,21H,1,9H2,2H3,(H,24,25)/b5-4-. The Morgan fingerprint density at radius 1 is 1.26 bits per heavy atom. The van der Waals surface area contributed by atoms with Crippen molar-refractivity contribution in [2.24, 2.45) is 0 Å². The number of carboxylic acid groups (broad SMARTS) is 1. The minimum atomic E-state index is -1.80. The number of benzene rings is 1. The van der Waals surface area contributed by atoms with Crippen molar-refractivity contribution in [2.75, 3.05) is 6.79 Å². The molecule has 0 aliphatic carbocycles. The van der Waals surface area contributed by atoms with Crippen molar-refractivity contribution in [3.63, 3.8) is 0 Å². The normalized spacial score (nSPS) is 18.4. The SMILES string of the molecule is C=C/C=C\C1=C(C)C(=O)N(C(C(=O)O)C(O)c2ccc3c(c2)OCO3)C1=O. The summed E-state index contributed by atoms with van der Waals surface area (Å²) in [6.07, 6.45) is 2.63. The van der Waals surface area contributed by atoms with Crippen molar-refractivity contribution in [1.82, 2.24) is 4.90 Å². The molecule has 0 radical (unpaired) electrons. The smallest absolute Gasteiger partial charge is 0.330 e. The number of ether oxygens (including phenoxy) is 2. The number of allylic oxidation sites excluding steroid dienone is 2. The lowest BCUT2D eigenvalue weighted by Crippen LogP contribution is -2.49. The van der Waals surface area contributed by atoms with Gasteiger partial charge in [0, 0.05) is 11.1 Å². The molecule has 1 aromatic carbocycles. The minimum Gasteiger partial charge on any atom is -0.480 e. The molecule has 2 aliphatic rings. The fourth-order valence-electron chi connectivity index (χ4n) is 2.96. The zero-order chi connectivity index (χ0) is 19.7. The highest BCUT2D eigenvalue weighted by atomic mass is 16.7. The van der Waals surface area contributed by atoms with Gasteiger partial charge in [0.25, 0.3) is 11.8 Å². The highest BCUT2D eigenvalue weighted by Crippen LogP contribution is 2.36. The molecule has 27 heavy (non-hydrogen) atoms. The van der Waals surface area contributed by atoms with Gasteiger partial charge in [-0.1, -0.05) is 24.8 Å². The van der Waals surface area contributed by atoms with Crippen LogP contribution in [0.5, 0.6) is 11.5 Å². The zero-order valence-corrected chi connectivity index (χ0v) is 14.4. The van der Waals surface area contributed by atoms with E-state index in [2.05, 4.69) is 6.58 Å². The Labute approximate surface area is 154 Å². The van der Waals surface area contributed by atoms with Crippen LogP contribution < -0.4 is 9.47 Å². The monoisotopic (exact) mass is 371 g/mol. The molecule has 1 aromatic rings. The van der Waals surface area contributed by atoms with Crippen molar-refractivity contribution in [3.05, 3.63) is 59.7 Å². The van der Waals surface area contributed by atoms with Crippen molar-refractivity contribution in [1.29, 1.82) is 0 Å². The Morgan fingerprint density at radius 3 is 2.63 bits per heavy atom. The number of aliphatic hydroxyl groups excluding tert-OH is 1. The van der Waals surface area contributed by atoms with Crippen LogP contribution >= 0.6 is 0 Å². The van der Waals surface area contributed by atoms with E-state index in [9.17, 15) is 24.6 Å². The fourth-order valence-corrected chi connectivity index (χ4v) is 2.96. The molecule has 2 heterocycles. The molecule has 0 saturated carbocycles. The molecule has 2 atom stereocenters. The van der Waals surface area contributed by atoms with Gasteiger partial charge in [0.15, 0.2) is 17.5 Å². The molecule has 2 N–H and O–H groups in total. The highest BCUT2D eigenvalue weighted by Gasteiger charge is 2.46. The number of imide groups is 1. The quantitative estimate of drug-likeness (QED) is 0.573. The lowest BCUT2D eigenvalue weighted by molar-refractivity contribution is -0.158. The van der Waals surface area contributed by atoms with Crippen molar-refractivity contribution in [2.45, 2.75) is 19.1 Å². The number of aliphatic hydroxyl groups is 1. The van der Waals surface area contributed by atoms with Crippen LogP contribution in [0.3, 0.4) is 0 Å². The van der Waals surface area contributed by atoms with Gasteiger partial charge in [0.1, 0.15) is 6.10 Å². The zero-order valence-electron chi connectivity index (χ0n) is 14.4. The van der Waals surface area contributed by atoms with E-state index in [4.69, 9.17) is 9.47 Å². The van der Waals surface area contributed by atoms with E-state index in [0.717, 1.165) is 0 Å². The second kappa shape index (κ2) is 7.08. The third kappa shape index (κ3) is 3.11. The molecule has 2 unspecified atom stereocenters. The summed E-state index contributed by atoms with van der Waals surface area (Å²) in [5.41, 5.74) is 0.339. The first-order valence-electron chi connectivity index (χ1n) is 8.05. The first-order chi connectivity index (χ1) is 12.9. The molecule has 0 spiro atoms. The molecule has 140 valence electrons. The third-order valence-corrected chi connectivity index (χ3v) is 4.36. The van der Waals surface area contributed by atoms with E-state index in [1.54, 1.807) is 0 Å². The van der Waals surface area contributed by atoms with Crippen LogP contribution in [-0.2, 0) is 14.4 Å². The maximum absolute atomic E-state index is 12.6. The second-order valence-electron chi connectivity index (χ2n) is 5.95. The maximum atomic E-state index is 12.6. The largest absolute Gasteiger partial charge is 0.480 e. The first-order valence-corrected chi connectivity index (χ1v) is 8.05. The van der Waals surface area contributed by atoms with E-state index in [1.807, 2.05) is 0 Å². The van der Waals surface area contributed by atoms with Gasteiger partial charge in [-0.3, -0.25) is 14.5 Å². The average molecular weight is 371 g/mol. The molecule has 0 bridgehead atoms. The van der Waals surface area contributed by atoms with Crippen molar-refractivity contribution < 1.29 is 34.1 Å². The molecule has 0 aromatic heterocycles. The van der Waals surface area contributed by atoms with Gasteiger partial charge in [0.2, 0.25) is 6.79 Å². The lowest BCUT2D eigenvalue weighted by atomic mass is 10.00. The Morgan fingerprint density at radius 2 is 1.96 bits per heavy atom. The number of carbonyl (C=O) groups is 3. The minimum absolute atomic E-state index is 0.0163. The van der Waals surface area contributed by atoms with Gasteiger partial charge < -0.3 is 19.7 Å².